The van der Waals surface area contributed by atoms with Crippen molar-refractivity contribution in [3.8, 4) is 0 Å². The highest BCUT2D eigenvalue weighted by Gasteiger charge is 2.41. The molecule has 1 aliphatic heterocycles. The number of nitrogens with one attached hydrogen (secondary N) is 1. The van der Waals surface area contributed by atoms with Crippen molar-refractivity contribution in [3.05, 3.63) is 11.8 Å². The summed E-state index contributed by atoms with van der Waals surface area (Å²) >= 11 is 0. The summed E-state index contributed by atoms with van der Waals surface area (Å²) in [5, 5.41) is 23.0. The molecule has 1 heterocycles. The molecule has 166 valence electrons. The molecule has 0 aromatic heterocycles. The molecule has 0 radical (unpaired) electrons. The summed E-state index contributed by atoms with van der Waals surface area (Å²) in [6, 6.07) is -1.50. The van der Waals surface area contributed by atoms with E-state index in [-0.39, 0.29) is 31.9 Å². The fourth-order valence-corrected chi connectivity index (χ4v) is 3.51. The fraction of sp³-hybridized carbons (Fsp3) is 0.765. The zero-order valence-corrected chi connectivity index (χ0v) is 16.3. The molecule has 13 N–H and O–H groups in total. The lowest BCUT2D eigenvalue weighted by molar-refractivity contribution is -0.201. The number of nitrogens with two attached hydrogens (primary N) is 5. The lowest BCUT2D eigenvalue weighted by Crippen LogP contribution is -2.58. The Morgan fingerprint density at radius 1 is 1.38 bits per heavy atom. The average molecular weight is 415 g/mol. The molecule has 2 aliphatic rings. The summed E-state index contributed by atoms with van der Waals surface area (Å²) in [7, 11) is 0. The molecule has 7 atom stereocenters. The molecule has 1 fully saturated rings. The van der Waals surface area contributed by atoms with Crippen LogP contribution in [0.15, 0.2) is 16.8 Å². The van der Waals surface area contributed by atoms with Gasteiger partial charge in [0.15, 0.2) is 5.96 Å². The Morgan fingerprint density at radius 3 is 2.69 bits per heavy atom. The highest BCUT2D eigenvalue weighted by atomic mass is 16.7. The van der Waals surface area contributed by atoms with E-state index in [9.17, 15) is 15.0 Å². The van der Waals surface area contributed by atoms with Crippen molar-refractivity contribution in [1.82, 2.24) is 5.32 Å². The molecule has 0 aromatic carbocycles. The normalized spacial score (nSPS) is 33.2. The monoisotopic (exact) mass is 415 g/mol. The minimum Gasteiger partial charge on any atom is -0.466 e. The maximum absolute atomic E-state index is 12.0. The maximum atomic E-state index is 12.0. The van der Waals surface area contributed by atoms with Gasteiger partial charge in [0.25, 0.3) is 0 Å². The summed E-state index contributed by atoms with van der Waals surface area (Å²) in [6.07, 6.45) is -0.815. The van der Waals surface area contributed by atoms with E-state index >= 15 is 0 Å². The van der Waals surface area contributed by atoms with Crippen LogP contribution in [-0.2, 0) is 14.3 Å². The predicted molar refractivity (Wildman–Crippen MR) is 106 cm³/mol. The number of hydrogen-bond acceptors (Lipinski definition) is 9. The van der Waals surface area contributed by atoms with Gasteiger partial charge in [-0.15, -0.1) is 0 Å². The van der Waals surface area contributed by atoms with Gasteiger partial charge in [-0.3, -0.25) is 4.79 Å². The second kappa shape index (κ2) is 10.7. The molecule has 0 bridgehead atoms. The molecule has 0 saturated heterocycles. The van der Waals surface area contributed by atoms with Gasteiger partial charge in [0, 0.05) is 12.1 Å². The van der Waals surface area contributed by atoms with Crippen molar-refractivity contribution in [2.24, 2.45) is 33.7 Å². The summed E-state index contributed by atoms with van der Waals surface area (Å²) < 4.78 is 11.7. The molecular weight excluding hydrogens is 382 g/mol. The van der Waals surface area contributed by atoms with E-state index in [1.54, 1.807) is 6.08 Å². The third kappa shape index (κ3) is 6.52. The average Bonchev–Trinajstić information content (AvgIpc) is 2.65. The molecule has 0 aromatic rings. The van der Waals surface area contributed by atoms with E-state index in [0.29, 0.717) is 18.6 Å². The zero-order chi connectivity index (χ0) is 21.6. The van der Waals surface area contributed by atoms with Crippen LogP contribution >= 0.6 is 0 Å². The number of aliphatic imine (C=N–C) groups is 1. The zero-order valence-electron chi connectivity index (χ0n) is 16.3. The molecule has 0 spiro atoms. The molecule has 1 saturated carbocycles. The number of aliphatic hydroxyl groups is 2. The second-order valence-electron chi connectivity index (χ2n) is 7.32. The summed E-state index contributed by atoms with van der Waals surface area (Å²) in [5.41, 5.74) is 28.1. The third-order valence-corrected chi connectivity index (χ3v) is 4.95. The number of amides is 1. The SMILES string of the molecule is NCC[C@H](O)C(=O)N[C@H]1C[C@@H](O)[C@H](O[C@H]2OC(CN)=CC[C@H]2N=C(N)N)[C@@H](N)C1. The van der Waals surface area contributed by atoms with Crippen molar-refractivity contribution in [2.45, 2.75) is 68.4 Å². The van der Waals surface area contributed by atoms with E-state index in [1.165, 1.54) is 0 Å². The van der Waals surface area contributed by atoms with Crippen molar-refractivity contribution in [3.63, 3.8) is 0 Å². The van der Waals surface area contributed by atoms with Crippen LogP contribution in [0.1, 0.15) is 25.7 Å². The van der Waals surface area contributed by atoms with Crippen molar-refractivity contribution >= 4 is 11.9 Å². The maximum Gasteiger partial charge on any atom is 0.249 e. The van der Waals surface area contributed by atoms with E-state index in [4.69, 9.17) is 38.1 Å². The number of nitrogens with zero attached hydrogens (tertiary/aromatic N) is 1. The van der Waals surface area contributed by atoms with Crippen LogP contribution in [0.25, 0.3) is 0 Å². The van der Waals surface area contributed by atoms with E-state index in [1.807, 2.05) is 0 Å². The van der Waals surface area contributed by atoms with Crippen molar-refractivity contribution < 1.29 is 24.5 Å². The number of aliphatic hydroxyl groups excluding tert-OH is 2. The second-order valence-corrected chi connectivity index (χ2v) is 7.32. The first-order valence-corrected chi connectivity index (χ1v) is 9.67. The lowest BCUT2D eigenvalue weighted by Gasteiger charge is -2.41. The van der Waals surface area contributed by atoms with Gasteiger partial charge in [0.2, 0.25) is 12.2 Å². The molecular formula is C17H33N7O5. The first-order chi connectivity index (χ1) is 13.7. The van der Waals surface area contributed by atoms with Gasteiger partial charge in [-0.1, -0.05) is 0 Å². The van der Waals surface area contributed by atoms with Crippen LogP contribution in [-0.4, -0.2) is 77.9 Å². The molecule has 1 aliphatic carbocycles. The Labute approximate surface area is 169 Å². The smallest absolute Gasteiger partial charge is 0.249 e. The molecule has 0 unspecified atom stereocenters. The van der Waals surface area contributed by atoms with Crippen LogP contribution in [0.5, 0.6) is 0 Å². The van der Waals surface area contributed by atoms with Gasteiger partial charge < -0.3 is 53.7 Å². The summed E-state index contributed by atoms with van der Waals surface area (Å²) in [6.45, 7) is 0.377. The number of ether oxygens (including phenoxy) is 2. The fourth-order valence-electron chi connectivity index (χ4n) is 3.51. The van der Waals surface area contributed by atoms with Crippen molar-refractivity contribution in [1.29, 1.82) is 0 Å². The van der Waals surface area contributed by atoms with Gasteiger partial charge in [0.05, 0.1) is 12.6 Å². The minimum absolute atomic E-state index is 0.107. The predicted octanol–water partition coefficient (Wildman–Crippen LogP) is -3.72. The number of guanidine groups is 1. The minimum atomic E-state index is -1.19. The van der Waals surface area contributed by atoms with Gasteiger partial charge in [-0.25, -0.2) is 4.99 Å². The Kier molecular flexibility index (Phi) is 8.61. The van der Waals surface area contributed by atoms with Crippen LogP contribution in [0.3, 0.4) is 0 Å². The van der Waals surface area contributed by atoms with E-state index < -0.39 is 48.6 Å². The number of rotatable bonds is 8. The first-order valence-electron chi connectivity index (χ1n) is 9.67. The van der Waals surface area contributed by atoms with Gasteiger partial charge in [-0.05, 0) is 38.3 Å². The Balaban J connectivity index is 2.00. The summed E-state index contributed by atoms with van der Waals surface area (Å²) in [4.78, 5) is 16.1. The molecule has 2 rings (SSSR count). The van der Waals surface area contributed by atoms with Crippen LogP contribution in [0, 0.1) is 0 Å². The number of hydrogen-bond donors (Lipinski definition) is 8. The Morgan fingerprint density at radius 2 is 2.10 bits per heavy atom. The van der Waals surface area contributed by atoms with E-state index in [2.05, 4.69) is 10.3 Å². The third-order valence-electron chi connectivity index (χ3n) is 4.95. The van der Waals surface area contributed by atoms with Crippen LogP contribution in [0.4, 0.5) is 0 Å². The Bertz CT molecular complexity index is 601. The van der Waals surface area contributed by atoms with Gasteiger partial charge >= 0.3 is 0 Å². The number of carbonyl (C=O) groups is 1. The van der Waals surface area contributed by atoms with Gasteiger partial charge in [0.1, 0.15) is 24.0 Å². The van der Waals surface area contributed by atoms with Crippen LogP contribution < -0.4 is 34.0 Å². The highest BCUT2D eigenvalue weighted by molar-refractivity contribution is 5.80. The molecule has 1 amide bonds. The summed E-state index contributed by atoms with van der Waals surface area (Å²) in [5.74, 6) is -0.112. The van der Waals surface area contributed by atoms with Gasteiger partial charge in [-0.2, -0.15) is 0 Å². The highest BCUT2D eigenvalue weighted by Crippen LogP contribution is 2.27. The molecule has 12 nitrogen and oxygen atoms in total. The largest absolute Gasteiger partial charge is 0.466 e. The van der Waals surface area contributed by atoms with Crippen molar-refractivity contribution in [2.75, 3.05) is 13.1 Å². The Hall–Kier alpha value is -1.96. The standard InChI is InChI=1S/C17H33N7O5/c18-4-3-12(25)15(27)23-8-5-10(20)14(13(26)6-8)29-16-11(24-17(21)22)2-1-9(7-19)28-16/h1,8,10-14,16,25-26H,2-7,18-20H2,(H,23,27)(H4,21,22,24)/t8-,10+,11-,12+,13-,14-,16-/m1/s1. The molecule has 29 heavy (non-hydrogen) atoms. The first kappa shape index (κ1) is 23.3. The van der Waals surface area contributed by atoms with E-state index in [0.717, 1.165) is 0 Å². The van der Waals surface area contributed by atoms with Crippen LogP contribution in [0.2, 0.25) is 0 Å². The number of carbonyl (C=O) groups excluding carboxylic acids is 1. The lowest BCUT2D eigenvalue weighted by atomic mass is 9.86. The molecule has 12 heteroatoms. The topological polar surface area (TPSA) is 230 Å². The quantitative estimate of drug-likeness (QED) is 0.143.